The van der Waals surface area contributed by atoms with Gasteiger partial charge in [-0.15, -0.1) is 0 Å². The molecule has 20 heavy (non-hydrogen) atoms. The SMILES string of the molecule is CO[C@@H]1O[C@H](C)[C@@H](O)[C@H](OCc2ccccc2)[C@H]1OC. The number of aliphatic hydroxyl groups is 1. The molecule has 1 fully saturated rings. The van der Waals surface area contributed by atoms with E-state index in [1.165, 1.54) is 0 Å². The lowest BCUT2D eigenvalue weighted by Gasteiger charge is -2.42. The number of hydrogen-bond donors (Lipinski definition) is 1. The van der Waals surface area contributed by atoms with Gasteiger partial charge in [-0.1, -0.05) is 30.3 Å². The van der Waals surface area contributed by atoms with Crippen molar-refractivity contribution in [3.8, 4) is 0 Å². The monoisotopic (exact) mass is 282 g/mol. The maximum absolute atomic E-state index is 10.2. The van der Waals surface area contributed by atoms with Crippen LogP contribution in [0.15, 0.2) is 30.3 Å². The highest BCUT2D eigenvalue weighted by atomic mass is 16.7. The van der Waals surface area contributed by atoms with E-state index in [-0.39, 0.29) is 6.10 Å². The minimum atomic E-state index is -0.755. The van der Waals surface area contributed by atoms with Gasteiger partial charge in [0.05, 0.1) is 12.7 Å². The van der Waals surface area contributed by atoms with Crippen molar-refractivity contribution in [2.45, 2.75) is 44.2 Å². The average Bonchev–Trinajstić information content (AvgIpc) is 2.49. The molecule has 1 heterocycles. The Bertz CT molecular complexity index is 397. The van der Waals surface area contributed by atoms with Crippen LogP contribution < -0.4 is 0 Å². The molecule has 0 aromatic heterocycles. The number of benzene rings is 1. The maximum Gasteiger partial charge on any atom is 0.186 e. The van der Waals surface area contributed by atoms with Crippen LogP contribution in [0.4, 0.5) is 0 Å². The minimum Gasteiger partial charge on any atom is -0.388 e. The Morgan fingerprint density at radius 1 is 1.10 bits per heavy atom. The number of ether oxygens (including phenoxy) is 4. The molecule has 0 spiro atoms. The summed E-state index contributed by atoms with van der Waals surface area (Å²) in [6, 6.07) is 9.81. The van der Waals surface area contributed by atoms with E-state index in [0.29, 0.717) is 6.61 Å². The Morgan fingerprint density at radius 3 is 2.40 bits per heavy atom. The van der Waals surface area contributed by atoms with Crippen molar-refractivity contribution < 1.29 is 24.1 Å². The smallest absolute Gasteiger partial charge is 0.186 e. The molecular weight excluding hydrogens is 260 g/mol. The first-order valence-corrected chi connectivity index (χ1v) is 6.72. The van der Waals surface area contributed by atoms with Gasteiger partial charge >= 0.3 is 0 Å². The highest BCUT2D eigenvalue weighted by molar-refractivity contribution is 5.13. The number of aliphatic hydroxyl groups excluding tert-OH is 1. The van der Waals surface area contributed by atoms with Gasteiger partial charge in [-0.2, -0.15) is 0 Å². The highest BCUT2D eigenvalue weighted by Crippen LogP contribution is 2.26. The van der Waals surface area contributed by atoms with E-state index in [4.69, 9.17) is 18.9 Å². The van der Waals surface area contributed by atoms with Crippen LogP contribution in [0.2, 0.25) is 0 Å². The Morgan fingerprint density at radius 2 is 1.80 bits per heavy atom. The van der Waals surface area contributed by atoms with Gasteiger partial charge in [0, 0.05) is 14.2 Å². The van der Waals surface area contributed by atoms with Crippen LogP contribution in [-0.2, 0) is 25.6 Å². The second-order valence-corrected chi connectivity index (χ2v) is 4.90. The molecule has 112 valence electrons. The summed E-state index contributed by atoms with van der Waals surface area (Å²) in [6.07, 6.45) is -2.62. The molecule has 1 aliphatic rings. The molecule has 0 amide bonds. The predicted molar refractivity (Wildman–Crippen MR) is 73.2 cm³/mol. The summed E-state index contributed by atoms with van der Waals surface area (Å²) < 4.78 is 22.0. The van der Waals surface area contributed by atoms with Gasteiger partial charge in [0.25, 0.3) is 0 Å². The Labute approximate surface area is 119 Å². The first-order valence-electron chi connectivity index (χ1n) is 6.72. The highest BCUT2D eigenvalue weighted by Gasteiger charge is 2.44. The van der Waals surface area contributed by atoms with Crippen molar-refractivity contribution >= 4 is 0 Å². The van der Waals surface area contributed by atoms with Gasteiger partial charge in [0.15, 0.2) is 6.29 Å². The van der Waals surface area contributed by atoms with Crippen molar-refractivity contribution in [2.24, 2.45) is 0 Å². The lowest BCUT2D eigenvalue weighted by Crippen LogP contribution is -2.58. The molecule has 1 saturated heterocycles. The molecule has 0 saturated carbocycles. The second-order valence-electron chi connectivity index (χ2n) is 4.90. The predicted octanol–water partition coefficient (Wildman–Crippen LogP) is 1.34. The number of hydrogen-bond acceptors (Lipinski definition) is 5. The van der Waals surface area contributed by atoms with Crippen LogP contribution in [0.3, 0.4) is 0 Å². The topological polar surface area (TPSA) is 57.2 Å². The van der Waals surface area contributed by atoms with Crippen molar-refractivity contribution in [2.75, 3.05) is 14.2 Å². The Balaban J connectivity index is 2.05. The van der Waals surface area contributed by atoms with Crippen LogP contribution in [0.1, 0.15) is 12.5 Å². The van der Waals surface area contributed by atoms with Crippen LogP contribution in [0.25, 0.3) is 0 Å². The molecule has 0 aliphatic carbocycles. The molecule has 1 aromatic carbocycles. The van der Waals surface area contributed by atoms with Gasteiger partial charge in [0.2, 0.25) is 0 Å². The van der Waals surface area contributed by atoms with Crippen molar-refractivity contribution in [3.63, 3.8) is 0 Å². The first-order chi connectivity index (χ1) is 9.67. The molecule has 2 rings (SSSR count). The van der Waals surface area contributed by atoms with Crippen molar-refractivity contribution in [1.29, 1.82) is 0 Å². The van der Waals surface area contributed by atoms with Gasteiger partial charge in [-0.05, 0) is 12.5 Å². The third-order valence-electron chi connectivity index (χ3n) is 3.55. The zero-order chi connectivity index (χ0) is 14.5. The first kappa shape index (κ1) is 15.4. The van der Waals surface area contributed by atoms with E-state index in [9.17, 15) is 5.11 Å². The van der Waals surface area contributed by atoms with Crippen LogP contribution in [0, 0.1) is 0 Å². The molecule has 0 unspecified atom stereocenters. The molecule has 5 atom stereocenters. The molecule has 5 heteroatoms. The van der Waals surface area contributed by atoms with E-state index in [2.05, 4.69) is 0 Å². The normalized spacial score (nSPS) is 34.1. The zero-order valence-corrected chi connectivity index (χ0v) is 12.1. The van der Waals surface area contributed by atoms with Gasteiger partial charge in [-0.25, -0.2) is 0 Å². The van der Waals surface area contributed by atoms with E-state index in [0.717, 1.165) is 5.56 Å². The van der Waals surface area contributed by atoms with E-state index < -0.39 is 24.6 Å². The van der Waals surface area contributed by atoms with Crippen LogP contribution in [-0.4, -0.2) is 50.0 Å². The maximum atomic E-state index is 10.2. The third-order valence-corrected chi connectivity index (χ3v) is 3.55. The molecule has 1 aromatic rings. The summed E-state index contributed by atoms with van der Waals surface area (Å²) in [5.41, 5.74) is 1.04. The number of rotatable bonds is 5. The van der Waals surface area contributed by atoms with Crippen molar-refractivity contribution in [1.82, 2.24) is 0 Å². The Kier molecular flexibility index (Phi) is 5.51. The fraction of sp³-hybridized carbons (Fsp3) is 0.600. The largest absolute Gasteiger partial charge is 0.388 e. The summed E-state index contributed by atoms with van der Waals surface area (Å²) in [5, 5.41) is 10.2. The molecule has 5 nitrogen and oxygen atoms in total. The lowest BCUT2D eigenvalue weighted by molar-refractivity contribution is -0.300. The zero-order valence-electron chi connectivity index (χ0n) is 12.1. The standard InChI is InChI=1S/C15H22O5/c1-10-12(16)13(14(17-2)15(18-3)20-10)19-9-11-7-5-4-6-8-11/h4-8,10,12-16H,9H2,1-3H3/t10-,12-,13+,14-,15-/m1/s1. The summed E-state index contributed by atoms with van der Waals surface area (Å²) in [6.45, 7) is 2.20. The minimum absolute atomic E-state index is 0.368. The van der Waals surface area contributed by atoms with E-state index in [1.807, 2.05) is 30.3 Å². The average molecular weight is 282 g/mol. The van der Waals surface area contributed by atoms with Gasteiger partial charge in [-0.3, -0.25) is 0 Å². The molecule has 0 bridgehead atoms. The fourth-order valence-electron chi connectivity index (χ4n) is 2.38. The molecule has 1 N–H and O–H groups in total. The number of methoxy groups -OCH3 is 2. The summed E-state index contributed by atoms with van der Waals surface area (Å²) >= 11 is 0. The lowest BCUT2D eigenvalue weighted by atomic mass is 9.99. The Hall–Kier alpha value is -0.980. The second kappa shape index (κ2) is 7.15. The van der Waals surface area contributed by atoms with Crippen LogP contribution >= 0.6 is 0 Å². The molecular formula is C15H22O5. The van der Waals surface area contributed by atoms with Crippen LogP contribution in [0.5, 0.6) is 0 Å². The summed E-state index contributed by atoms with van der Waals surface area (Å²) in [7, 11) is 3.11. The molecule has 1 aliphatic heterocycles. The van der Waals surface area contributed by atoms with E-state index >= 15 is 0 Å². The van der Waals surface area contributed by atoms with Gasteiger partial charge < -0.3 is 24.1 Å². The summed E-state index contributed by atoms with van der Waals surface area (Å²) in [4.78, 5) is 0. The van der Waals surface area contributed by atoms with E-state index in [1.54, 1.807) is 21.1 Å². The van der Waals surface area contributed by atoms with Crippen molar-refractivity contribution in [3.05, 3.63) is 35.9 Å². The molecule has 0 radical (unpaired) electrons. The fourth-order valence-corrected chi connectivity index (χ4v) is 2.38. The quantitative estimate of drug-likeness (QED) is 0.883. The summed E-state index contributed by atoms with van der Waals surface area (Å²) in [5.74, 6) is 0. The third kappa shape index (κ3) is 3.37. The van der Waals surface area contributed by atoms with Gasteiger partial charge in [0.1, 0.15) is 18.3 Å².